The molecule has 1 rings (SSSR count). The molecule has 0 unspecified atom stereocenters. The van der Waals surface area contributed by atoms with E-state index in [9.17, 15) is 0 Å². The van der Waals surface area contributed by atoms with Crippen LogP contribution in [0, 0.1) is 6.07 Å². The van der Waals surface area contributed by atoms with E-state index in [2.05, 4.69) is 59.7 Å². The van der Waals surface area contributed by atoms with Gasteiger partial charge in [-0.25, -0.2) is 0 Å². The molecule has 1 nitrogen and oxygen atoms in total. The van der Waals surface area contributed by atoms with E-state index in [1.165, 1.54) is 30.4 Å². The minimum Gasteiger partial charge on any atom is -0.496 e. The first kappa shape index (κ1) is 17.1. The fourth-order valence-corrected chi connectivity index (χ4v) is 3.08. The van der Waals surface area contributed by atoms with Gasteiger partial charge in [-0.3, -0.25) is 0 Å². The van der Waals surface area contributed by atoms with Gasteiger partial charge in [0.25, 0.3) is 0 Å². The predicted molar refractivity (Wildman–Crippen MR) is 87.7 cm³/mol. The average Bonchev–Trinajstić information content (AvgIpc) is 2.37. The fourth-order valence-electron chi connectivity index (χ4n) is 3.08. The molecule has 20 heavy (non-hydrogen) atoms. The summed E-state index contributed by atoms with van der Waals surface area (Å²) in [5.74, 6) is 1.02. The van der Waals surface area contributed by atoms with Crippen LogP contribution in [-0.4, -0.2) is 7.11 Å². The van der Waals surface area contributed by atoms with E-state index in [-0.39, 0.29) is 10.8 Å². The maximum absolute atomic E-state index is 5.67. The second kappa shape index (κ2) is 6.65. The van der Waals surface area contributed by atoms with Crippen molar-refractivity contribution in [2.75, 3.05) is 7.11 Å². The summed E-state index contributed by atoms with van der Waals surface area (Å²) in [4.78, 5) is 0. The Balaban J connectivity index is 3.21. The molecule has 1 aromatic rings. The first-order chi connectivity index (χ1) is 9.28. The van der Waals surface area contributed by atoms with Gasteiger partial charge in [0.15, 0.2) is 0 Å². The molecule has 1 radical (unpaired) electrons. The first-order valence-corrected chi connectivity index (χ1v) is 7.89. The molecule has 0 heterocycles. The lowest BCUT2D eigenvalue weighted by atomic mass is 9.76. The van der Waals surface area contributed by atoms with Crippen molar-refractivity contribution < 1.29 is 4.74 Å². The molecule has 1 heteroatoms. The van der Waals surface area contributed by atoms with Gasteiger partial charge in [0.2, 0.25) is 0 Å². The van der Waals surface area contributed by atoms with Crippen molar-refractivity contribution in [3.63, 3.8) is 0 Å². The van der Waals surface area contributed by atoms with E-state index >= 15 is 0 Å². The van der Waals surface area contributed by atoms with Crippen LogP contribution >= 0.6 is 0 Å². The molecule has 0 bridgehead atoms. The number of benzene rings is 1. The molecular weight excluding hydrogens is 244 g/mol. The highest BCUT2D eigenvalue weighted by atomic mass is 16.5. The van der Waals surface area contributed by atoms with E-state index in [1.807, 2.05) is 0 Å². The van der Waals surface area contributed by atoms with Gasteiger partial charge in [-0.1, -0.05) is 54.4 Å². The third-order valence-corrected chi connectivity index (χ3v) is 4.34. The van der Waals surface area contributed by atoms with Crippen molar-refractivity contribution in [2.45, 2.75) is 78.1 Å². The Kier molecular flexibility index (Phi) is 5.68. The molecule has 0 spiro atoms. The van der Waals surface area contributed by atoms with Crippen molar-refractivity contribution in [2.24, 2.45) is 0 Å². The Morgan fingerprint density at radius 3 is 2.05 bits per heavy atom. The summed E-state index contributed by atoms with van der Waals surface area (Å²) in [6, 6.07) is 7.87. The normalized spacial score (nSPS) is 12.6. The average molecular weight is 275 g/mol. The summed E-state index contributed by atoms with van der Waals surface area (Å²) >= 11 is 0. The van der Waals surface area contributed by atoms with Crippen LogP contribution < -0.4 is 4.74 Å². The number of methoxy groups -OCH3 is 1. The van der Waals surface area contributed by atoms with Crippen molar-refractivity contribution >= 4 is 0 Å². The molecule has 113 valence electrons. The van der Waals surface area contributed by atoms with Gasteiger partial charge in [-0.2, -0.15) is 0 Å². The van der Waals surface area contributed by atoms with E-state index in [4.69, 9.17) is 4.74 Å². The van der Waals surface area contributed by atoms with Gasteiger partial charge >= 0.3 is 0 Å². The molecule has 1 aromatic carbocycles. The molecule has 0 saturated heterocycles. The summed E-state index contributed by atoms with van der Waals surface area (Å²) in [7, 11) is 1.78. The lowest BCUT2D eigenvalue weighted by Crippen LogP contribution is -2.21. The summed E-state index contributed by atoms with van der Waals surface area (Å²) in [5.41, 5.74) is 2.84. The van der Waals surface area contributed by atoms with Crippen molar-refractivity contribution in [3.05, 3.63) is 29.3 Å². The molecule has 0 aliphatic heterocycles. The number of rotatable bonds is 7. The number of hydrogen-bond acceptors (Lipinski definition) is 1. The second-order valence-electron chi connectivity index (χ2n) is 7.10. The highest BCUT2D eigenvalue weighted by molar-refractivity contribution is 5.43. The highest BCUT2D eigenvalue weighted by Gasteiger charge is 2.26. The standard InChI is InChI=1S/C19H31O/c1-8-12-18(3,4)15-10-11-16(17(14-15)20-7)19(5,6)13-9-2/h11,14H,8-9,12-13H2,1-7H3. The minimum absolute atomic E-state index is 0.143. The zero-order chi connectivity index (χ0) is 15.4. The largest absolute Gasteiger partial charge is 0.496 e. The molecule has 0 amide bonds. The highest BCUT2D eigenvalue weighted by Crippen LogP contribution is 2.38. The lowest BCUT2D eigenvalue weighted by Gasteiger charge is -2.30. The maximum atomic E-state index is 5.67. The maximum Gasteiger partial charge on any atom is 0.122 e. The van der Waals surface area contributed by atoms with Crippen LogP contribution in [0.15, 0.2) is 12.1 Å². The summed E-state index contributed by atoms with van der Waals surface area (Å²) in [5, 5.41) is 0. The van der Waals surface area contributed by atoms with E-state index in [1.54, 1.807) is 7.11 Å². The monoisotopic (exact) mass is 275 g/mol. The zero-order valence-corrected chi connectivity index (χ0v) is 14.4. The van der Waals surface area contributed by atoms with Crippen molar-refractivity contribution in [1.82, 2.24) is 0 Å². The van der Waals surface area contributed by atoms with Gasteiger partial charge in [0.1, 0.15) is 5.75 Å². The van der Waals surface area contributed by atoms with Crippen molar-refractivity contribution in [3.8, 4) is 5.75 Å². The third-order valence-electron chi connectivity index (χ3n) is 4.34. The van der Waals surface area contributed by atoms with E-state index < -0.39 is 0 Å². The summed E-state index contributed by atoms with van der Waals surface area (Å²) < 4.78 is 5.67. The molecule has 0 atom stereocenters. The summed E-state index contributed by atoms with van der Waals surface area (Å²) in [6.07, 6.45) is 4.70. The molecule has 0 fully saturated rings. The first-order valence-electron chi connectivity index (χ1n) is 7.89. The van der Waals surface area contributed by atoms with Gasteiger partial charge in [0, 0.05) is 5.56 Å². The lowest BCUT2D eigenvalue weighted by molar-refractivity contribution is 0.380. The Morgan fingerprint density at radius 1 is 1.00 bits per heavy atom. The Bertz CT molecular complexity index is 429. The molecule has 0 aromatic heterocycles. The second-order valence-corrected chi connectivity index (χ2v) is 7.10. The Labute approximate surface area is 125 Å². The van der Waals surface area contributed by atoms with Gasteiger partial charge < -0.3 is 4.74 Å². The number of ether oxygens (including phenoxy) is 1. The van der Waals surface area contributed by atoms with Gasteiger partial charge in [-0.15, -0.1) is 0 Å². The Hall–Kier alpha value is -0.980. The van der Waals surface area contributed by atoms with Gasteiger partial charge in [0.05, 0.1) is 7.11 Å². The van der Waals surface area contributed by atoms with Crippen molar-refractivity contribution in [1.29, 1.82) is 0 Å². The molecule has 0 aliphatic carbocycles. The molecule has 0 N–H and O–H groups in total. The van der Waals surface area contributed by atoms with Gasteiger partial charge in [-0.05, 0) is 47.4 Å². The van der Waals surface area contributed by atoms with Crippen LogP contribution in [0.2, 0.25) is 0 Å². The summed E-state index contributed by atoms with van der Waals surface area (Å²) in [6.45, 7) is 13.6. The molecule has 0 saturated carbocycles. The Morgan fingerprint density at radius 2 is 1.55 bits per heavy atom. The minimum atomic E-state index is 0.143. The molecular formula is C19H31O. The van der Waals surface area contributed by atoms with Crippen LogP contribution in [0.25, 0.3) is 0 Å². The van der Waals surface area contributed by atoms with E-state index in [0.29, 0.717) is 0 Å². The van der Waals surface area contributed by atoms with Crippen LogP contribution in [0.4, 0.5) is 0 Å². The molecule has 0 aliphatic rings. The SMILES string of the molecule is CCCC(C)(C)c1[c]cc(C(C)(C)CCC)c(OC)c1. The number of hydrogen-bond donors (Lipinski definition) is 0. The fraction of sp³-hybridized carbons (Fsp3) is 0.684. The van der Waals surface area contributed by atoms with Crippen LogP contribution in [0.3, 0.4) is 0 Å². The predicted octanol–water partition coefficient (Wildman–Crippen LogP) is 5.65. The topological polar surface area (TPSA) is 9.23 Å². The zero-order valence-electron chi connectivity index (χ0n) is 14.4. The van der Waals surface area contributed by atoms with E-state index in [0.717, 1.165) is 12.2 Å². The van der Waals surface area contributed by atoms with Crippen LogP contribution in [0.1, 0.15) is 78.4 Å². The van der Waals surface area contributed by atoms with Crippen LogP contribution in [0.5, 0.6) is 5.75 Å². The van der Waals surface area contributed by atoms with Crippen LogP contribution in [-0.2, 0) is 10.8 Å². The smallest absolute Gasteiger partial charge is 0.122 e. The third kappa shape index (κ3) is 3.77. The quantitative estimate of drug-likeness (QED) is 0.624.